The summed E-state index contributed by atoms with van der Waals surface area (Å²) < 4.78 is 0. The molecule has 2 aliphatic carbocycles. The van der Waals surface area contributed by atoms with Crippen LogP contribution in [0.3, 0.4) is 0 Å². The van der Waals surface area contributed by atoms with Gasteiger partial charge in [0, 0.05) is 23.8 Å². The van der Waals surface area contributed by atoms with Crippen molar-refractivity contribution in [2.24, 2.45) is 17.8 Å². The summed E-state index contributed by atoms with van der Waals surface area (Å²) in [4.78, 5) is 14.7. The lowest BCUT2D eigenvalue weighted by Gasteiger charge is -2.32. The lowest BCUT2D eigenvalue weighted by molar-refractivity contribution is -0.122. The van der Waals surface area contributed by atoms with Crippen LogP contribution in [0.2, 0.25) is 0 Å². The van der Waals surface area contributed by atoms with Crippen molar-refractivity contribution in [2.75, 3.05) is 17.2 Å². The molecule has 1 aliphatic heterocycles. The summed E-state index contributed by atoms with van der Waals surface area (Å²) in [5.74, 6) is 2.34. The van der Waals surface area contributed by atoms with Gasteiger partial charge in [0.05, 0.1) is 0 Å². The molecule has 0 saturated heterocycles. The third kappa shape index (κ3) is 1.75. The van der Waals surface area contributed by atoms with E-state index in [0.717, 1.165) is 55.4 Å². The van der Waals surface area contributed by atoms with Crippen LogP contribution >= 0.6 is 0 Å². The van der Waals surface area contributed by atoms with Gasteiger partial charge in [-0.1, -0.05) is 6.07 Å². The van der Waals surface area contributed by atoms with Crippen LogP contribution in [0.4, 0.5) is 11.4 Å². The number of amides is 1. The summed E-state index contributed by atoms with van der Waals surface area (Å²) >= 11 is 0. The van der Waals surface area contributed by atoms with Crippen LogP contribution in [-0.2, 0) is 11.2 Å². The molecule has 1 aromatic carbocycles. The summed E-state index contributed by atoms with van der Waals surface area (Å²) in [5, 5.41) is 0. The molecule has 2 unspecified atom stereocenters. The number of nitrogen functional groups attached to an aromatic ring is 1. The monoisotopic (exact) mass is 256 g/mol. The zero-order valence-corrected chi connectivity index (χ0v) is 11.1. The van der Waals surface area contributed by atoms with E-state index in [1.807, 2.05) is 17.0 Å². The SMILES string of the molecule is Nc1cccc2c1CCCN2C(=O)C1CC2CC2C1. The van der Waals surface area contributed by atoms with Crippen LogP contribution in [0.5, 0.6) is 0 Å². The molecule has 0 aromatic heterocycles. The Labute approximate surface area is 113 Å². The Morgan fingerprint density at radius 2 is 2.00 bits per heavy atom. The van der Waals surface area contributed by atoms with Crippen LogP contribution in [0.1, 0.15) is 31.2 Å². The van der Waals surface area contributed by atoms with E-state index in [0.29, 0.717) is 5.91 Å². The van der Waals surface area contributed by atoms with E-state index >= 15 is 0 Å². The van der Waals surface area contributed by atoms with E-state index < -0.39 is 0 Å². The Morgan fingerprint density at radius 3 is 2.79 bits per heavy atom. The largest absolute Gasteiger partial charge is 0.398 e. The molecule has 0 spiro atoms. The second kappa shape index (κ2) is 3.99. The number of rotatable bonds is 1. The molecule has 4 rings (SSSR count). The molecule has 2 saturated carbocycles. The van der Waals surface area contributed by atoms with Crippen molar-refractivity contribution in [2.45, 2.75) is 32.1 Å². The fourth-order valence-electron chi connectivity index (χ4n) is 4.02. The molecule has 100 valence electrons. The van der Waals surface area contributed by atoms with Crippen molar-refractivity contribution >= 4 is 17.3 Å². The van der Waals surface area contributed by atoms with E-state index in [1.54, 1.807) is 0 Å². The molecule has 3 heteroatoms. The smallest absolute Gasteiger partial charge is 0.230 e. The Balaban J connectivity index is 1.62. The van der Waals surface area contributed by atoms with Crippen molar-refractivity contribution < 1.29 is 4.79 Å². The molecule has 1 amide bonds. The zero-order valence-electron chi connectivity index (χ0n) is 11.1. The van der Waals surface area contributed by atoms with Crippen molar-refractivity contribution in [1.29, 1.82) is 0 Å². The second-order valence-corrected chi connectivity index (χ2v) is 6.36. The summed E-state index contributed by atoms with van der Waals surface area (Å²) in [6, 6.07) is 5.96. The quantitative estimate of drug-likeness (QED) is 0.785. The molecule has 0 bridgehead atoms. The predicted molar refractivity (Wildman–Crippen MR) is 75.8 cm³/mol. The van der Waals surface area contributed by atoms with Gasteiger partial charge in [0.2, 0.25) is 5.91 Å². The van der Waals surface area contributed by atoms with Gasteiger partial charge in [0.1, 0.15) is 0 Å². The Morgan fingerprint density at radius 1 is 1.21 bits per heavy atom. The maximum atomic E-state index is 12.7. The van der Waals surface area contributed by atoms with Gasteiger partial charge in [0.15, 0.2) is 0 Å². The summed E-state index contributed by atoms with van der Waals surface area (Å²) in [5.41, 5.74) is 9.12. The number of carbonyl (C=O) groups excluding carboxylic acids is 1. The molecule has 3 nitrogen and oxygen atoms in total. The lowest BCUT2D eigenvalue weighted by atomic mass is 9.96. The van der Waals surface area contributed by atoms with Crippen LogP contribution in [0.25, 0.3) is 0 Å². The van der Waals surface area contributed by atoms with Crippen LogP contribution < -0.4 is 10.6 Å². The predicted octanol–water partition coefficient (Wildman–Crippen LogP) is 2.59. The number of hydrogen-bond donors (Lipinski definition) is 1. The first-order valence-corrected chi connectivity index (χ1v) is 7.43. The van der Waals surface area contributed by atoms with E-state index in [9.17, 15) is 4.79 Å². The fraction of sp³-hybridized carbons (Fsp3) is 0.562. The number of benzene rings is 1. The van der Waals surface area contributed by atoms with Crippen LogP contribution in [0, 0.1) is 17.8 Å². The first-order valence-electron chi connectivity index (χ1n) is 7.43. The molecule has 19 heavy (non-hydrogen) atoms. The minimum absolute atomic E-state index is 0.274. The molecule has 2 N–H and O–H groups in total. The normalized spacial score (nSPS) is 31.8. The van der Waals surface area contributed by atoms with Gasteiger partial charge in [-0.2, -0.15) is 0 Å². The van der Waals surface area contributed by atoms with Crippen LogP contribution in [-0.4, -0.2) is 12.5 Å². The van der Waals surface area contributed by atoms with Crippen molar-refractivity contribution in [1.82, 2.24) is 0 Å². The van der Waals surface area contributed by atoms with Gasteiger partial charge in [-0.3, -0.25) is 4.79 Å². The highest BCUT2D eigenvalue weighted by Crippen LogP contribution is 2.55. The summed E-state index contributed by atoms with van der Waals surface area (Å²) in [7, 11) is 0. The molecule has 2 fully saturated rings. The van der Waals surface area contributed by atoms with E-state index in [2.05, 4.69) is 6.07 Å². The number of hydrogen-bond acceptors (Lipinski definition) is 2. The molecule has 0 radical (unpaired) electrons. The highest BCUT2D eigenvalue weighted by atomic mass is 16.2. The number of carbonyl (C=O) groups is 1. The van der Waals surface area contributed by atoms with Gasteiger partial charge in [-0.05, 0) is 61.6 Å². The van der Waals surface area contributed by atoms with Gasteiger partial charge < -0.3 is 10.6 Å². The molecular weight excluding hydrogens is 236 g/mol. The second-order valence-electron chi connectivity index (χ2n) is 6.36. The van der Waals surface area contributed by atoms with Gasteiger partial charge in [-0.15, -0.1) is 0 Å². The minimum Gasteiger partial charge on any atom is -0.398 e. The number of anilines is 2. The molecule has 2 atom stereocenters. The number of nitrogens with zero attached hydrogens (tertiary/aromatic N) is 1. The summed E-state index contributed by atoms with van der Waals surface area (Å²) in [6.45, 7) is 0.862. The Hall–Kier alpha value is -1.51. The highest BCUT2D eigenvalue weighted by Gasteiger charge is 2.49. The van der Waals surface area contributed by atoms with Crippen LogP contribution in [0.15, 0.2) is 18.2 Å². The van der Waals surface area contributed by atoms with E-state index in [1.165, 1.54) is 12.0 Å². The third-order valence-electron chi connectivity index (χ3n) is 5.15. The van der Waals surface area contributed by atoms with E-state index in [-0.39, 0.29) is 5.92 Å². The number of nitrogens with two attached hydrogens (primary N) is 1. The fourth-order valence-corrected chi connectivity index (χ4v) is 4.02. The average molecular weight is 256 g/mol. The first-order chi connectivity index (χ1) is 9.24. The third-order valence-corrected chi connectivity index (χ3v) is 5.15. The molecule has 1 aromatic rings. The van der Waals surface area contributed by atoms with Crippen molar-refractivity contribution in [3.8, 4) is 0 Å². The van der Waals surface area contributed by atoms with Crippen molar-refractivity contribution in [3.63, 3.8) is 0 Å². The molecule has 3 aliphatic rings. The Bertz CT molecular complexity index is 530. The lowest BCUT2D eigenvalue weighted by Crippen LogP contribution is -2.39. The number of fused-ring (bicyclic) bond motifs is 2. The minimum atomic E-state index is 0.274. The van der Waals surface area contributed by atoms with Crippen molar-refractivity contribution in [3.05, 3.63) is 23.8 Å². The molecular formula is C16H20N2O. The maximum Gasteiger partial charge on any atom is 0.230 e. The zero-order chi connectivity index (χ0) is 13.0. The van der Waals surface area contributed by atoms with Gasteiger partial charge >= 0.3 is 0 Å². The standard InChI is InChI=1S/C16H20N2O/c17-14-4-1-5-15-13(14)3-2-6-18(15)16(19)12-8-10-7-11(10)9-12/h1,4-5,10-12H,2-3,6-9,17H2. The van der Waals surface area contributed by atoms with E-state index in [4.69, 9.17) is 5.73 Å². The summed E-state index contributed by atoms with van der Waals surface area (Å²) in [6.07, 6.45) is 5.65. The van der Waals surface area contributed by atoms with Gasteiger partial charge in [-0.25, -0.2) is 0 Å². The first kappa shape index (κ1) is 11.3. The average Bonchev–Trinajstić information content (AvgIpc) is 3.04. The molecule has 1 heterocycles. The van der Waals surface area contributed by atoms with Gasteiger partial charge in [0.25, 0.3) is 0 Å². The Kier molecular flexibility index (Phi) is 2.38. The topological polar surface area (TPSA) is 46.3 Å². The highest BCUT2D eigenvalue weighted by molar-refractivity contribution is 5.97. The maximum absolute atomic E-state index is 12.7.